The smallest absolute Gasteiger partial charge is 0.335 e. The molecule has 0 saturated heterocycles. The number of hydrogen-bond acceptors (Lipinski definition) is 2. The molecule has 0 bridgehead atoms. The van der Waals surface area contributed by atoms with Gasteiger partial charge in [0.05, 0.1) is 16.9 Å². The molecule has 1 aromatic heterocycles. The number of aromatic carboxylic acids is 1. The van der Waals surface area contributed by atoms with Gasteiger partial charge in [-0.05, 0) is 24.3 Å². The predicted octanol–water partition coefficient (Wildman–Crippen LogP) is 2.96. The molecule has 0 radical (unpaired) electrons. The summed E-state index contributed by atoms with van der Waals surface area (Å²) in [5, 5.41) is 13.0. The van der Waals surface area contributed by atoms with Crippen LogP contribution >= 0.6 is 0 Å². The Kier molecular flexibility index (Phi) is 2.56. The number of carboxylic acid groups (broad SMARTS) is 1. The summed E-state index contributed by atoms with van der Waals surface area (Å²) in [6.45, 7) is 0.163. The average molecular weight is 292 g/mol. The van der Waals surface area contributed by atoms with E-state index in [1.807, 2.05) is 34.9 Å². The van der Waals surface area contributed by atoms with Crippen LogP contribution in [0.25, 0.3) is 22.2 Å². The normalized spacial score (nSPS) is 13.2. The van der Waals surface area contributed by atoms with Crippen molar-refractivity contribution in [2.75, 3.05) is 5.32 Å². The van der Waals surface area contributed by atoms with Crippen LogP contribution in [-0.2, 0) is 11.3 Å². The molecule has 22 heavy (non-hydrogen) atoms. The Bertz CT molecular complexity index is 940. The average Bonchev–Trinajstić information content (AvgIpc) is 2.78. The van der Waals surface area contributed by atoms with Crippen molar-refractivity contribution in [1.82, 2.24) is 4.57 Å². The van der Waals surface area contributed by atoms with Crippen molar-refractivity contribution < 1.29 is 14.7 Å². The number of anilines is 1. The molecule has 0 fully saturated rings. The molecule has 2 N–H and O–H groups in total. The lowest BCUT2D eigenvalue weighted by atomic mass is 10.1. The predicted molar refractivity (Wildman–Crippen MR) is 83.0 cm³/mol. The van der Waals surface area contributed by atoms with E-state index in [1.165, 1.54) is 0 Å². The van der Waals surface area contributed by atoms with Crippen LogP contribution in [0.4, 0.5) is 5.69 Å². The van der Waals surface area contributed by atoms with E-state index >= 15 is 0 Å². The van der Waals surface area contributed by atoms with Crippen molar-refractivity contribution in [3.05, 3.63) is 54.1 Å². The number of nitrogens with zero attached hydrogens (tertiary/aromatic N) is 1. The fourth-order valence-corrected chi connectivity index (χ4v) is 2.93. The summed E-state index contributed by atoms with van der Waals surface area (Å²) < 4.78 is 1.86. The highest BCUT2D eigenvalue weighted by molar-refractivity contribution is 6.02. The van der Waals surface area contributed by atoms with Gasteiger partial charge in [0.2, 0.25) is 5.91 Å². The van der Waals surface area contributed by atoms with Gasteiger partial charge in [-0.25, -0.2) is 4.79 Å². The molecule has 5 heteroatoms. The van der Waals surface area contributed by atoms with Crippen molar-refractivity contribution in [1.29, 1.82) is 0 Å². The molecule has 0 saturated carbocycles. The van der Waals surface area contributed by atoms with Gasteiger partial charge in [0.15, 0.2) is 0 Å². The number of aromatic nitrogens is 1. The lowest BCUT2D eigenvalue weighted by Gasteiger charge is -2.06. The molecule has 0 unspecified atom stereocenters. The summed E-state index contributed by atoms with van der Waals surface area (Å²) in [6, 6.07) is 14.6. The molecular weight excluding hydrogens is 280 g/mol. The van der Waals surface area contributed by atoms with Crippen LogP contribution in [0, 0.1) is 0 Å². The Hall–Kier alpha value is -3.08. The maximum Gasteiger partial charge on any atom is 0.335 e. The van der Waals surface area contributed by atoms with Crippen LogP contribution in [0.5, 0.6) is 0 Å². The minimum atomic E-state index is -0.976. The van der Waals surface area contributed by atoms with Gasteiger partial charge < -0.3 is 15.0 Å². The summed E-state index contributed by atoms with van der Waals surface area (Å²) in [5.41, 5.74) is 3.58. The monoisotopic (exact) mass is 292 g/mol. The van der Waals surface area contributed by atoms with E-state index in [2.05, 4.69) is 5.32 Å². The van der Waals surface area contributed by atoms with E-state index in [0.717, 1.165) is 27.8 Å². The number of amides is 1. The third-order valence-corrected chi connectivity index (χ3v) is 3.93. The second kappa shape index (κ2) is 4.46. The highest BCUT2D eigenvalue weighted by Crippen LogP contribution is 2.35. The number of nitrogens with one attached hydrogen (secondary N) is 1. The second-order valence-electron chi connectivity index (χ2n) is 5.29. The first kappa shape index (κ1) is 12.6. The van der Waals surface area contributed by atoms with Crippen LogP contribution in [0.1, 0.15) is 10.4 Å². The van der Waals surface area contributed by atoms with Crippen molar-refractivity contribution in [2.45, 2.75) is 6.54 Å². The molecule has 1 aliphatic rings. The van der Waals surface area contributed by atoms with Gasteiger partial charge in [0.1, 0.15) is 6.54 Å². The number of rotatable bonds is 1. The first-order valence-electron chi connectivity index (χ1n) is 6.89. The van der Waals surface area contributed by atoms with Gasteiger partial charge in [-0.2, -0.15) is 0 Å². The van der Waals surface area contributed by atoms with E-state index in [0.29, 0.717) is 0 Å². The molecule has 1 aliphatic heterocycles. The number of para-hydroxylation sites is 1. The zero-order chi connectivity index (χ0) is 15.3. The number of benzene rings is 2. The zero-order valence-corrected chi connectivity index (χ0v) is 11.5. The molecule has 0 atom stereocenters. The van der Waals surface area contributed by atoms with Crippen LogP contribution in [0.3, 0.4) is 0 Å². The van der Waals surface area contributed by atoms with Gasteiger partial charge in [-0.15, -0.1) is 0 Å². The quantitative estimate of drug-likeness (QED) is 0.724. The summed E-state index contributed by atoms with van der Waals surface area (Å²) in [7, 11) is 0. The third kappa shape index (κ3) is 1.79. The van der Waals surface area contributed by atoms with Crippen molar-refractivity contribution >= 4 is 28.5 Å². The number of carbonyl (C=O) groups excluding carboxylic acids is 1. The molecule has 3 aromatic rings. The summed E-state index contributed by atoms with van der Waals surface area (Å²) in [4.78, 5) is 23.3. The van der Waals surface area contributed by atoms with Gasteiger partial charge in [-0.1, -0.05) is 24.3 Å². The van der Waals surface area contributed by atoms with Gasteiger partial charge >= 0.3 is 5.97 Å². The fourth-order valence-electron chi connectivity index (χ4n) is 2.93. The highest BCUT2D eigenvalue weighted by Gasteiger charge is 2.21. The Balaban J connectivity index is 2.05. The molecule has 2 aromatic carbocycles. The van der Waals surface area contributed by atoms with Crippen LogP contribution in [0.15, 0.2) is 48.5 Å². The lowest BCUT2D eigenvalue weighted by Crippen LogP contribution is -2.16. The highest BCUT2D eigenvalue weighted by atomic mass is 16.4. The number of carboxylic acids is 1. The molecule has 108 valence electrons. The molecule has 0 aliphatic carbocycles. The number of fused-ring (bicyclic) bond motifs is 5. The first-order valence-corrected chi connectivity index (χ1v) is 6.89. The van der Waals surface area contributed by atoms with Crippen LogP contribution in [-0.4, -0.2) is 21.6 Å². The summed E-state index contributed by atoms with van der Waals surface area (Å²) >= 11 is 0. The SMILES string of the molecule is O=C1Cn2c(cc3ccc(C(=O)O)cc32)-c2ccccc2N1. The minimum Gasteiger partial charge on any atom is -0.478 e. The first-order chi connectivity index (χ1) is 10.6. The van der Waals surface area contributed by atoms with Crippen molar-refractivity contribution in [2.24, 2.45) is 0 Å². The Morgan fingerprint density at radius 3 is 2.77 bits per heavy atom. The molecule has 1 amide bonds. The number of hydrogen-bond donors (Lipinski definition) is 2. The van der Waals surface area contributed by atoms with Gasteiger partial charge in [-0.3, -0.25) is 4.79 Å². The maximum atomic E-state index is 12.1. The number of carbonyl (C=O) groups is 2. The van der Waals surface area contributed by atoms with Gasteiger partial charge in [0, 0.05) is 16.5 Å². The largest absolute Gasteiger partial charge is 0.478 e. The van der Waals surface area contributed by atoms with Crippen LogP contribution < -0.4 is 5.32 Å². The van der Waals surface area contributed by atoms with Crippen molar-refractivity contribution in [3.8, 4) is 11.3 Å². The van der Waals surface area contributed by atoms with E-state index in [1.54, 1.807) is 18.2 Å². The molecule has 2 heterocycles. The Morgan fingerprint density at radius 1 is 1.14 bits per heavy atom. The molecule has 0 spiro atoms. The summed E-state index contributed by atoms with van der Waals surface area (Å²) in [5.74, 6) is -1.10. The molecule has 5 nitrogen and oxygen atoms in total. The van der Waals surface area contributed by atoms with Crippen LogP contribution in [0.2, 0.25) is 0 Å². The fraction of sp³-hybridized carbons (Fsp3) is 0.0588. The van der Waals surface area contributed by atoms with E-state index in [9.17, 15) is 9.59 Å². The minimum absolute atomic E-state index is 0.121. The van der Waals surface area contributed by atoms with E-state index in [4.69, 9.17) is 5.11 Å². The standard InChI is InChI=1S/C17H12N2O3/c20-16-9-19-14-8-11(17(21)22)6-5-10(14)7-15(19)12-3-1-2-4-13(12)18-16/h1-8H,9H2,(H,18,20)(H,21,22). The van der Waals surface area contributed by atoms with E-state index in [-0.39, 0.29) is 18.0 Å². The van der Waals surface area contributed by atoms with E-state index < -0.39 is 5.97 Å². The molecule has 4 rings (SSSR count). The lowest BCUT2D eigenvalue weighted by molar-refractivity contribution is -0.116. The second-order valence-corrected chi connectivity index (χ2v) is 5.29. The Labute approximate surface area is 125 Å². The zero-order valence-electron chi connectivity index (χ0n) is 11.5. The Morgan fingerprint density at radius 2 is 1.95 bits per heavy atom. The van der Waals surface area contributed by atoms with Gasteiger partial charge in [0.25, 0.3) is 0 Å². The molecular formula is C17H12N2O3. The maximum absolute atomic E-state index is 12.1. The third-order valence-electron chi connectivity index (χ3n) is 3.93. The topological polar surface area (TPSA) is 71.3 Å². The summed E-state index contributed by atoms with van der Waals surface area (Å²) in [6.07, 6.45) is 0. The van der Waals surface area contributed by atoms with Crippen molar-refractivity contribution in [3.63, 3.8) is 0 Å².